The van der Waals surface area contributed by atoms with Gasteiger partial charge in [-0.3, -0.25) is 9.67 Å². The molecular formula is C16H18N4. The van der Waals surface area contributed by atoms with Crippen molar-refractivity contribution in [2.75, 3.05) is 5.32 Å². The molecule has 0 radical (unpaired) electrons. The maximum absolute atomic E-state index is 4.34. The average Bonchev–Trinajstić information content (AvgIpc) is 2.93. The van der Waals surface area contributed by atoms with Crippen molar-refractivity contribution in [2.24, 2.45) is 0 Å². The van der Waals surface area contributed by atoms with E-state index in [1.807, 2.05) is 29.3 Å². The van der Waals surface area contributed by atoms with Crippen LogP contribution < -0.4 is 5.32 Å². The first-order valence-corrected chi connectivity index (χ1v) is 6.95. The van der Waals surface area contributed by atoms with E-state index in [-0.39, 0.29) is 0 Å². The van der Waals surface area contributed by atoms with Crippen LogP contribution in [0.3, 0.4) is 0 Å². The van der Waals surface area contributed by atoms with Gasteiger partial charge >= 0.3 is 0 Å². The van der Waals surface area contributed by atoms with Crippen molar-refractivity contribution in [3.63, 3.8) is 0 Å². The molecule has 0 atom stereocenters. The lowest BCUT2D eigenvalue weighted by molar-refractivity contribution is 0.602. The Hall–Kier alpha value is -2.36. The Morgan fingerprint density at radius 2 is 2.15 bits per heavy atom. The number of hydrogen-bond donors (Lipinski definition) is 1. The first-order chi connectivity index (χ1) is 9.86. The quantitative estimate of drug-likeness (QED) is 0.769. The second-order valence-electron chi connectivity index (χ2n) is 4.87. The Morgan fingerprint density at radius 3 is 3.05 bits per heavy atom. The molecule has 3 rings (SSSR count). The summed E-state index contributed by atoms with van der Waals surface area (Å²) >= 11 is 0. The molecule has 0 fully saturated rings. The molecule has 0 aliphatic carbocycles. The maximum atomic E-state index is 4.34. The molecule has 0 spiro atoms. The lowest BCUT2D eigenvalue weighted by atomic mass is 10.1. The Labute approximate surface area is 118 Å². The molecule has 0 amide bonds. The normalized spacial score (nSPS) is 10.8. The number of rotatable bonds is 5. The van der Waals surface area contributed by atoms with Crippen LogP contribution in [0.1, 0.15) is 18.9 Å². The van der Waals surface area contributed by atoms with Crippen LogP contribution in [-0.2, 0) is 13.1 Å². The van der Waals surface area contributed by atoms with Gasteiger partial charge in [-0.2, -0.15) is 5.10 Å². The first kappa shape index (κ1) is 12.7. The van der Waals surface area contributed by atoms with Gasteiger partial charge in [0.25, 0.3) is 0 Å². The Kier molecular flexibility index (Phi) is 3.63. The van der Waals surface area contributed by atoms with Crippen molar-refractivity contribution in [2.45, 2.75) is 26.4 Å². The van der Waals surface area contributed by atoms with Crippen molar-refractivity contribution in [3.05, 3.63) is 54.6 Å². The first-order valence-electron chi connectivity index (χ1n) is 6.95. The van der Waals surface area contributed by atoms with E-state index in [4.69, 9.17) is 0 Å². The number of fused-ring (bicyclic) bond motifs is 1. The highest BCUT2D eigenvalue weighted by Gasteiger charge is 2.02. The molecule has 2 heterocycles. The molecule has 4 heteroatoms. The SMILES string of the molecule is CCCn1cc(CNc2cccc3ccncc23)cn1. The fourth-order valence-electron chi connectivity index (χ4n) is 2.31. The number of benzene rings is 1. The van der Waals surface area contributed by atoms with Gasteiger partial charge in [-0.1, -0.05) is 19.1 Å². The van der Waals surface area contributed by atoms with Crippen LogP contribution >= 0.6 is 0 Å². The van der Waals surface area contributed by atoms with Crippen molar-refractivity contribution < 1.29 is 0 Å². The third-order valence-corrected chi connectivity index (χ3v) is 3.31. The Morgan fingerprint density at radius 1 is 1.20 bits per heavy atom. The van der Waals surface area contributed by atoms with Crippen LogP contribution in [0.15, 0.2) is 49.1 Å². The fraction of sp³-hybridized carbons (Fsp3) is 0.250. The summed E-state index contributed by atoms with van der Waals surface area (Å²) in [7, 11) is 0. The molecule has 1 N–H and O–H groups in total. The monoisotopic (exact) mass is 266 g/mol. The lowest BCUT2D eigenvalue weighted by Crippen LogP contribution is -2.00. The predicted molar refractivity (Wildman–Crippen MR) is 81.6 cm³/mol. The van der Waals surface area contributed by atoms with Gasteiger partial charge in [-0.05, 0) is 23.9 Å². The van der Waals surface area contributed by atoms with Gasteiger partial charge in [0.15, 0.2) is 0 Å². The van der Waals surface area contributed by atoms with E-state index in [1.165, 1.54) is 10.9 Å². The second kappa shape index (κ2) is 5.74. The summed E-state index contributed by atoms with van der Waals surface area (Å²) in [6.07, 6.45) is 8.84. The molecule has 0 saturated heterocycles. The summed E-state index contributed by atoms with van der Waals surface area (Å²) in [6, 6.07) is 8.27. The topological polar surface area (TPSA) is 42.7 Å². The summed E-state index contributed by atoms with van der Waals surface area (Å²) in [5.41, 5.74) is 2.30. The van der Waals surface area contributed by atoms with Crippen molar-refractivity contribution in [3.8, 4) is 0 Å². The van der Waals surface area contributed by atoms with Crippen LogP contribution in [0, 0.1) is 0 Å². The summed E-state index contributed by atoms with van der Waals surface area (Å²) in [5.74, 6) is 0. The molecule has 102 valence electrons. The third-order valence-electron chi connectivity index (χ3n) is 3.31. The summed E-state index contributed by atoms with van der Waals surface area (Å²) < 4.78 is 1.99. The maximum Gasteiger partial charge on any atom is 0.0539 e. The highest BCUT2D eigenvalue weighted by atomic mass is 15.3. The van der Waals surface area contributed by atoms with E-state index >= 15 is 0 Å². The molecule has 2 aromatic heterocycles. The zero-order chi connectivity index (χ0) is 13.8. The van der Waals surface area contributed by atoms with E-state index in [1.54, 1.807) is 0 Å². The average molecular weight is 266 g/mol. The summed E-state index contributed by atoms with van der Waals surface area (Å²) in [6.45, 7) is 3.90. The molecular weight excluding hydrogens is 248 g/mol. The van der Waals surface area contributed by atoms with Gasteiger partial charge in [0.1, 0.15) is 0 Å². The number of nitrogens with one attached hydrogen (secondary N) is 1. The number of nitrogens with zero attached hydrogens (tertiary/aromatic N) is 3. The molecule has 0 bridgehead atoms. The molecule has 3 aromatic rings. The van der Waals surface area contributed by atoms with Crippen LogP contribution in [0.2, 0.25) is 0 Å². The Bertz CT molecular complexity index is 697. The third kappa shape index (κ3) is 2.64. The van der Waals surface area contributed by atoms with Gasteiger partial charge in [-0.15, -0.1) is 0 Å². The molecule has 0 unspecified atom stereocenters. The van der Waals surface area contributed by atoms with Crippen LogP contribution in [0.25, 0.3) is 10.8 Å². The van der Waals surface area contributed by atoms with Gasteiger partial charge in [0.05, 0.1) is 6.20 Å². The number of aromatic nitrogens is 3. The number of anilines is 1. The summed E-state index contributed by atoms with van der Waals surface area (Å²) in [5, 5.41) is 10.2. The Balaban J connectivity index is 1.76. The summed E-state index contributed by atoms with van der Waals surface area (Å²) in [4.78, 5) is 4.20. The molecule has 4 nitrogen and oxygen atoms in total. The second-order valence-corrected chi connectivity index (χ2v) is 4.87. The van der Waals surface area contributed by atoms with Gasteiger partial charge in [0, 0.05) is 48.3 Å². The van der Waals surface area contributed by atoms with E-state index in [0.29, 0.717) is 0 Å². The highest BCUT2D eigenvalue weighted by Crippen LogP contribution is 2.22. The molecule has 0 aliphatic rings. The zero-order valence-electron chi connectivity index (χ0n) is 11.6. The van der Waals surface area contributed by atoms with E-state index < -0.39 is 0 Å². The van der Waals surface area contributed by atoms with E-state index in [0.717, 1.165) is 30.6 Å². The van der Waals surface area contributed by atoms with Crippen molar-refractivity contribution >= 4 is 16.5 Å². The predicted octanol–water partition coefficient (Wildman–Crippen LogP) is 3.45. The number of pyridine rings is 1. The van der Waals surface area contributed by atoms with Crippen molar-refractivity contribution in [1.82, 2.24) is 14.8 Å². The van der Waals surface area contributed by atoms with E-state index in [2.05, 4.69) is 46.7 Å². The highest BCUT2D eigenvalue weighted by molar-refractivity contribution is 5.92. The van der Waals surface area contributed by atoms with Gasteiger partial charge in [-0.25, -0.2) is 0 Å². The van der Waals surface area contributed by atoms with Crippen molar-refractivity contribution in [1.29, 1.82) is 0 Å². The number of aryl methyl sites for hydroxylation is 1. The largest absolute Gasteiger partial charge is 0.380 e. The van der Waals surface area contributed by atoms with E-state index in [9.17, 15) is 0 Å². The number of hydrogen-bond acceptors (Lipinski definition) is 3. The minimum absolute atomic E-state index is 0.776. The molecule has 0 aliphatic heterocycles. The van der Waals surface area contributed by atoms with Gasteiger partial charge < -0.3 is 5.32 Å². The minimum atomic E-state index is 0.776. The lowest BCUT2D eigenvalue weighted by Gasteiger charge is -2.08. The molecule has 20 heavy (non-hydrogen) atoms. The smallest absolute Gasteiger partial charge is 0.0539 e. The molecule has 0 saturated carbocycles. The van der Waals surface area contributed by atoms with Crippen LogP contribution in [-0.4, -0.2) is 14.8 Å². The van der Waals surface area contributed by atoms with Crippen LogP contribution in [0.4, 0.5) is 5.69 Å². The minimum Gasteiger partial charge on any atom is -0.380 e. The standard InChI is InChI=1S/C16H18N4/c1-2-8-20-12-13(10-19-20)9-18-16-5-3-4-14-6-7-17-11-15(14)16/h3-7,10-12,18H,2,8-9H2,1H3. The van der Waals surface area contributed by atoms with Crippen LogP contribution in [0.5, 0.6) is 0 Å². The fourth-order valence-corrected chi connectivity index (χ4v) is 2.31. The zero-order valence-corrected chi connectivity index (χ0v) is 11.6. The molecule has 1 aromatic carbocycles. The van der Waals surface area contributed by atoms with Gasteiger partial charge in [0.2, 0.25) is 0 Å².